The van der Waals surface area contributed by atoms with Crippen molar-refractivity contribution in [3.8, 4) is 5.69 Å². The molecule has 1 aliphatic heterocycles. The number of fused-ring (bicyclic) bond motifs is 1. The van der Waals surface area contributed by atoms with E-state index in [2.05, 4.69) is 25.2 Å². The highest BCUT2D eigenvalue weighted by Gasteiger charge is 2.25. The fraction of sp³-hybridized carbons (Fsp3) is 0.227. The number of carbonyl (C=O) groups is 1. The number of halogens is 1. The average Bonchev–Trinajstić information content (AvgIpc) is 3.29. The molecule has 0 saturated carbocycles. The molecule has 1 fully saturated rings. The second-order valence-electron chi connectivity index (χ2n) is 7.82. The molecule has 34 heavy (non-hydrogen) atoms. The highest BCUT2D eigenvalue weighted by atomic mass is 35.5. The Morgan fingerprint density at radius 1 is 1.00 bits per heavy atom. The first-order valence-electron chi connectivity index (χ1n) is 10.6. The van der Waals surface area contributed by atoms with Crippen LogP contribution in [0.3, 0.4) is 0 Å². The molecule has 5 rings (SSSR count). The summed E-state index contributed by atoms with van der Waals surface area (Å²) < 4.78 is 1.64. The van der Waals surface area contributed by atoms with Crippen LogP contribution in [0.1, 0.15) is 5.56 Å². The summed E-state index contributed by atoms with van der Waals surface area (Å²) in [4.78, 5) is 35.7. The van der Waals surface area contributed by atoms with Gasteiger partial charge in [-0.05, 0) is 29.8 Å². The van der Waals surface area contributed by atoms with Crippen molar-refractivity contribution < 1.29 is 9.72 Å². The molecule has 0 aliphatic carbocycles. The maximum Gasteiger partial charge on any atom is 0.269 e. The lowest BCUT2D eigenvalue weighted by Crippen LogP contribution is -2.49. The fourth-order valence-electron chi connectivity index (χ4n) is 3.91. The number of anilines is 1. The standard InChI is InChI=1S/C22H19ClN8O3/c23-16-3-7-17(8-4-16)30-22-20(26-27-30)21(24-14-25-22)29-11-9-28(10-12-29)19(32)13-15-1-5-18(6-2-15)31(33)34/h1-8,14H,9-13H2. The first-order chi connectivity index (χ1) is 16.5. The Bertz CT molecular complexity index is 1350. The van der Waals surface area contributed by atoms with Gasteiger partial charge in [-0.15, -0.1) is 5.10 Å². The SMILES string of the molecule is O=C(Cc1ccc([N+](=O)[O-])cc1)N1CCN(c2ncnc3c2nnn3-c2ccc(Cl)cc2)CC1. The van der Waals surface area contributed by atoms with Gasteiger partial charge in [0.25, 0.3) is 5.69 Å². The minimum atomic E-state index is -0.455. The number of nitro benzene ring substituents is 1. The number of amides is 1. The maximum absolute atomic E-state index is 12.7. The molecule has 2 aromatic carbocycles. The molecule has 0 N–H and O–H groups in total. The Morgan fingerprint density at radius 2 is 1.71 bits per heavy atom. The first-order valence-corrected chi connectivity index (χ1v) is 11.0. The second-order valence-corrected chi connectivity index (χ2v) is 8.25. The van der Waals surface area contributed by atoms with Crippen LogP contribution in [0.5, 0.6) is 0 Å². The molecule has 12 heteroatoms. The molecule has 0 atom stereocenters. The van der Waals surface area contributed by atoms with Gasteiger partial charge in [-0.1, -0.05) is 28.9 Å². The summed E-state index contributed by atoms with van der Waals surface area (Å²) in [5, 5.41) is 20.0. The van der Waals surface area contributed by atoms with Gasteiger partial charge < -0.3 is 9.80 Å². The number of piperazine rings is 1. The summed E-state index contributed by atoms with van der Waals surface area (Å²) in [6.07, 6.45) is 1.69. The zero-order valence-corrected chi connectivity index (χ0v) is 18.7. The van der Waals surface area contributed by atoms with E-state index < -0.39 is 4.92 Å². The Morgan fingerprint density at radius 3 is 2.38 bits per heavy atom. The van der Waals surface area contributed by atoms with Crippen LogP contribution in [-0.4, -0.2) is 66.9 Å². The molecule has 0 spiro atoms. The van der Waals surface area contributed by atoms with Crippen molar-refractivity contribution in [3.63, 3.8) is 0 Å². The zero-order valence-electron chi connectivity index (χ0n) is 17.9. The summed E-state index contributed by atoms with van der Waals surface area (Å²) in [6.45, 7) is 2.24. The second kappa shape index (κ2) is 9.02. The van der Waals surface area contributed by atoms with Crippen LogP contribution in [0.15, 0.2) is 54.9 Å². The normalized spacial score (nSPS) is 13.9. The Labute approximate surface area is 198 Å². The monoisotopic (exact) mass is 478 g/mol. The van der Waals surface area contributed by atoms with Crippen LogP contribution in [0.4, 0.5) is 11.5 Å². The molecule has 1 saturated heterocycles. The van der Waals surface area contributed by atoms with E-state index in [1.54, 1.807) is 33.8 Å². The van der Waals surface area contributed by atoms with Gasteiger partial charge in [0.1, 0.15) is 6.33 Å². The molecule has 0 bridgehead atoms. The van der Waals surface area contributed by atoms with Crippen LogP contribution >= 0.6 is 11.6 Å². The third-order valence-corrected chi connectivity index (χ3v) is 5.98. The summed E-state index contributed by atoms with van der Waals surface area (Å²) in [5.41, 5.74) is 2.72. The van der Waals surface area contributed by atoms with E-state index in [4.69, 9.17) is 11.6 Å². The average molecular weight is 479 g/mol. The molecular formula is C22H19ClN8O3. The number of benzene rings is 2. The minimum Gasteiger partial charge on any atom is -0.351 e. The van der Waals surface area contributed by atoms with E-state index in [1.165, 1.54) is 18.5 Å². The fourth-order valence-corrected chi connectivity index (χ4v) is 4.04. The number of hydrogen-bond donors (Lipinski definition) is 0. The molecule has 0 radical (unpaired) electrons. The summed E-state index contributed by atoms with van der Waals surface area (Å²) in [7, 11) is 0. The molecule has 3 heterocycles. The molecule has 0 unspecified atom stereocenters. The van der Waals surface area contributed by atoms with E-state index in [9.17, 15) is 14.9 Å². The van der Waals surface area contributed by atoms with E-state index in [-0.39, 0.29) is 18.0 Å². The number of nitrogens with zero attached hydrogens (tertiary/aromatic N) is 8. The van der Waals surface area contributed by atoms with Crippen LogP contribution < -0.4 is 4.90 Å². The van der Waals surface area contributed by atoms with E-state index >= 15 is 0 Å². The number of hydrogen-bond acceptors (Lipinski definition) is 8. The van der Waals surface area contributed by atoms with Crippen LogP contribution in [0, 0.1) is 10.1 Å². The molecule has 172 valence electrons. The van der Waals surface area contributed by atoms with Gasteiger partial charge in [-0.25, -0.2) is 9.97 Å². The zero-order chi connectivity index (χ0) is 23.7. The third kappa shape index (κ3) is 4.25. The van der Waals surface area contributed by atoms with Gasteiger partial charge in [0.15, 0.2) is 17.0 Å². The summed E-state index contributed by atoms with van der Waals surface area (Å²) in [6, 6.07) is 13.3. The first kappa shape index (κ1) is 21.7. The largest absolute Gasteiger partial charge is 0.351 e. The number of carbonyl (C=O) groups excluding carboxylic acids is 1. The number of non-ortho nitro benzene ring substituents is 1. The van der Waals surface area contributed by atoms with Gasteiger partial charge in [0.05, 0.1) is 17.0 Å². The van der Waals surface area contributed by atoms with Crippen molar-refractivity contribution in [3.05, 3.63) is 75.6 Å². The van der Waals surface area contributed by atoms with Crippen molar-refractivity contribution in [2.75, 3.05) is 31.1 Å². The lowest BCUT2D eigenvalue weighted by Gasteiger charge is -2.35. The van der Waals surface area contributed by atoms with Crippen LogP contribution in [0.25, 0.3) is 16.9 Å². The van der Waals surface area contributed by atoms with Crippen LogP contribution in [-0.2, 0) is 11.2 Å². The number of rotatable bonds is 5. The van der Waals surface area contributed by atoms with Gasteiger partial charge in [0.2, 0.25) is 5.91 Å². The summed E-state index contributed by atoms with van der Waals surface area (Å²) in [5.74, 6) is 0.655. The predicted molar refractivity (Wildman–Crippen MR) is 125 cm³/mol. The Hall–Kier alpha value is -4.12. The molecule has 11 nitrogen and oxygen atoms in total. The number of nitro groups is 1. The van der Waals surface area contributed by atoms with E-state index in [1.807, 2.05) is 12.1 Å². The van der Waals surface area contributed by atoms with Crippen molar-refractivity contribution in [2.24, 2.45) is 0 Å². The summed E-state index contributed by atoms with van der Waals surface area (Å²) >= 11 is 5.98. The van der Waals surface area contributed by atoms with E-state index in [0.29, 0.717) is 48.2 Å². The van der Waals surface area contributed by atoms with Crippen molar-refractivity contribution >= 4 is 40.2 Å². The lowest BCUT2D eigenvalue weighted by molar-refractivity contribution is -0.384. The van der Waals surface area contributed by atoms with Gasteiger partial charge in [-0.3, -0.25) is 14.9 Å². The predicted octanol–water partition coefficient (Wildman–Crippen LogP) is 2.66. The lowest BCUT2D eigenvalue weighted by atomic mass is 10.1. The van der Waals surface area contributed by atoms with Crippen molar-refractivity contribution in [1.82, 2.24) is 29.9 Å². The molecule has 1 aliphatic rings. The quantitative estimate of drug-likeness (QED) is 0.317. The third-order valence-electron chi connectivity index (χ3n) is 5.72. The number of aromatic nitrogens is 5. The molecule has 2 aromatic heterocycles. The van der Waals surface area contributed by atoms with Crippen molar-refractivity contribution in [2.45, 2.75) is 6.42 Å². The minimum absolute atomic E-state index is 0.00831. The maximum atomic E-state index is 12.7. The Kier molecular flexibility index (Phi) is 5.76. The molecule has 4 aromatic rings. The van der Waals surface area contributed by atoms with Gasteiger partial charge in [-0.2, -0.15) is 4.68 Å². The highest BCUT2D eigenvalue weighted by molar-refractivity contribution is 6.30. The van der Waals surface area contributed by atoms with Gasteiger partial charge in [0, 0.05) is 43.3 Å². The molecule has 1 amide bonds. The molecular weight excluding hydrogens is 460 g/mol. The topological polar surface area (TPSA) is 123 Å². The Balaban J connectivity index is 1.27. The van der Waals surface area contributed by atoms with Crippen LogP contribution in [0.2, 0.25) is 5.02 Å². The van der Waals surface area contributed by atoms with Gasteiger partial charge >= 0.3 is 0 Å². The smallest absolute Gasteiger partial charge is 0.269 e. The van der Waals surface area contributed by atoms with Crippen molar-refractivity contribution in [1.29, 1.82) is 0 Å². The highest BCUT2D eigenvalue weighted by Crippen LogP contribution is 2.24. The van der Waals surface area contributed by atoms with E-state index in [0.717, 1.165) is 11.3 Å².